The van der Waals surface area contributed by atoms with Crippen LogP contribution in [0.4, 0.5) is 5.82 Å². The summed E-state index contributed by atoms with van der Waals surface area (Å²) < 4.78 is 5.32. The van der Waals surface area contributed by atoms with Crippen LogP contribution in [0.2, 0.25) is 0 Å². The van der Waals surface area contributed by atoms with E-state index in [9.17, 15) is 4.79 Å². The molecule has 0 saturated carbocycles. The maximum absolute atomic E-state index is 12.6. The Balaban J connectivity index is 1.40. The molecule has 1 amide bonds. The fraction of sp³-hybridized carbons (Fsp3) is 0.474. The SMILES string of the molecule is Cc1csc(CNC(=O)C2CCN(c3nc(C)ncc3-c3nc(C)no3)CC2)n1. The van der Waals surface area contributed by atoms with Crippen LogP contribution in [-0.4, -0.2) is 44.1 Å². The van der Waals surface area contributed by atoms with Gasteiger partial charge in [0.25, 0.3) is 5.89 Å². The molecule has 0 aromatic carbocycles. The fourth-order valence-corrected chi connectivity index (χ4v) is 4.11. The molecule has 0 aliphatic carbocycles. The third-order valence-electron chi connectivity index (χ3n) is 4.89. The van der Waals surface area contributed by atoms with Gasteiger partial charge in [0.15, 0.2) is 5.82 Å². The van der Waals surface area contributed by atoms with Crippen LogP contribution in [0, 0.1) is 26.7 Å². The van der Waals surface area contributed by atoms with E-state index >= 15 is 0 Å². The average Bonchev–Trinajstić information content (AvgIpc) is 3.34. The number of hydrogen-bond acceptors (Lipinski definition) is 9. The molecule has 1 aliphatic heterocycles. The summed E-state index contributed by atoms with van der Waals surface area (Å²) in [4.78, 5) is 32.3. The molecule has 0 bridgehead atoms. The van der Waals surface area contributed by atoms with Gasteiger partial charge in [0.2, 0.25) is 5.91 Å². The van der Waals surface area contributed by atoms with Crippen molar-refractivity contribution in [3.05, 3.63) is 33.9 Å². The van der Waals surface area contributed by atoms with Crippen LogP contribution >= 0.6 is 11.3 Å². The second-order valence-electron chi connectivity index (χ2n) is 7.16. The number of aromatic nitrogens is 5. The minimum Gasteiger partial charge on any atom is -0.356 e. The molecule has 0 spiro atoms. The van der Waals surface area contributed by atoms with Crippen LogP contribution in [0.15, 0.2) is 16.1 Å². The fourth-order valence-electron chi connectivity index (χ4n) is 3.40. The summed E-state index contributed by atoms with van der Waals surface area (Å²) in [7, 11) is 0. The Bertz CT molecular complexity index is 1010. The molecule has 29 heavy (non-hydrogen) atoms. The number of piperidine rings is 1. The second-order valence-corrected chi connectivity index (χ2v) is 8.11. The normalized spacial score (nSPS) is 14.9. The topological polar surface area (TPSA) is 110 Å². The first-order chi connectivity index (χ1) is 14.0. The zero-order valence-electron chi connectivity index (χ0n) is 16.7. The van der Waals surface area contributed by atoms with Crippen LogP contribution in [0.3, 0.4) is 0 Å². The standard InChI is InChI=1S/C19H23N7O2S/c1-11-10-29-16(22-11)9-21-18(27)14-4-6-26(7-5-14)17-15(8-20-12(2)23-17)19-24-13(3)25-28-19/h8,10,14H,4-7,9H2,1-3H3,(H,21,27). The van der Waals surface area contributed by atoms with Gasteiger partial charge in [-0.2, -0.15) is 4.98 Å². The summed E-state index contributed by atoms with van der Waals surface area (Å²) in [6, 6.07) is 0. The number of aryl methyl sites for hydroxylation is 3. The van der Waals surface area contributed by atoms with Gasteiger partial charge in [-0.1, -0.05) is 5.16 Å². The van der Waals surface area contributed by atoms with E-state index in [4.69, 9.17) is 4.52 Å². The first kappa shape index (κ1) is 19.4. The summed E-state index contributed by atoms with van der Waals surface area (Å²) >= 11 is 1.57. The van der Waals surface area contributed by atoms with E-state index in [1.807, 2.05) is 19.2 Å². The monoisotopic (exact) mass is 413 g/mol. The van der Waals surface area contributed by atoms with E-state index in [2.05, 4.69) is 35.3 Å². The Kier molecular flexibility index (Phi) is 5.52. The van der Waals surface area contributed by atoms with Crippen LogP contribution < -0.4 is 10.2 Å². The van der Waals surface area contributed by atoms with Gasteiger partial charge >= 0.3 is 0 Å². The molecule has 0 unspecified atom stereocenters. The third-order valence-corrected chi connectivity index (χ3v) is 5.86. The molecule has 0 atom stereocenters. The maximum atomic E-state index is 12.6. The smallest absolute Gasteiger partial charge is 0.263 e. The average molecular weight is 414 g/mol. The molecule has 10 heteroatoms. The lowest BCUT2D eigenvalue weighted by Crippen LogP contribution is -2.41. The van der Waals surface area contributed by atoms with Crippen molar-refractivity contribution in [3.63, 3.8) is 0 Å². The van der Waals surface area contributed by atoms with E-state index in [0.29, 0.717) is 24.1 Å². The molecule has 1 N–H and O–H groups in total. The van der Waals surface area contributed by atoms with Crippen LogP contribution in [0.1, 0.15) is 35.2 Å². The summed E-state index contributed by atoms with van der Waals surface area (Å²) in [6.45, 7) is 7.53. The molecule has 4 heterocycles. The summed E-state index contributed by atoms with van der Waals surface area (Å²) in [5, 5.41) is 9.81. The van der Waals surface area contributed by atoms with Gasteiger partial charge in [-0.15, -0.1) is 11.3 Å². The minimum absolute atomic E-state index is 0.00987. The largest absolute Gasteiger partial charge is 0.356 e. The predicted molar refractivity (Wildman–Crippen MR) is 108 cm³/mol. The van der Waals surface area contributed by atoms with Crippen molar-refractivity contribution in [3.8, 4) is 11.5 Å². The molecule has 1 saturated heterocycles. The van der Waals surface area contributed by atoms with Gasteiger partial charge in [0.05, 0.1) is 6.54 Å². The molecule has 0 radical (unpaired) electrons. The summed E-state index contributed by atoms with van der Waals surface area (Å²) in [5.74, 6) is 2.51. The quantitative estimate of drug-likeness (QED) is 0.679. The van der Waals surface area contributed by atoms with Crippen molar-refractivity contribution in [1.82, 2.24) is 30.4 Å². The van der Waals surface area contributed by atoms with E-state index in [0.717, 1.165) is 48.0 Å². The lowest BCUT2D eigenvalue weighted by atomic mass is 9.95. The van der Waals surface area contributed by atoms with Gasteiger partial charge in [0.1, 0.15) is 22.2 Å². The Morgan fingerprint density at radius 2 is 2.00 bits per heavy atom. The van der Waals surface area contributed by atoms with Crippen molar-refractivity contribution in [2.24, 2.45) is 5.92 Å². The van der Waals surface area contributed by atoms with E-state index in [-0.39, 0.29) is 11.8 Å². The lowest BCUT2D eigenvalue weighted by Gasteiger charge is -2.32. The lowest BCUT2D eigenvalue weighted by molar-refractivity contribution is -0.125. The molecule has 3 aromatic heterocycles. The number of thiazole rings is 1. The highest BCUT2D eigenvalue weighted by molar-refractivity contribution is 7.09. The van der Waals surface area contributed by atoms with E-state index in [1.54, 1.807) is 24.5 Å². The van der Waals surface area contributed by atoms with Gasteiger partial charge in [0, 0.05) is 36.3 Å². The van der Waals surface area contributed by atoms with Crippen molar-refractivity contribution in [2.75, 3.05) is 18.0 Å². The van der Waals surface area contributed by atoms with Gasteiger partial charge in [-0.05, 0) is 33.6 Å². The summed E-state index contributed by atoms with van der Waals surface area (Å²) in [5.41, 5.74) is 1.71. The first-order valence-corrected chi connectivity index (χ1v) is 10.5. The van der Waals surface area contributed by atoms with Crippen molar-refractivity contribution in [1.29, 1.82) is 0 Å². The molecule has 3 aromatic rings. The number of carbonyl (C=O) groups excluding carboxylic acids is 1. The van der Waals surface area contributed by atoms with Gasteiger partial charge in [-0.3, -0.25) is 4.79 Å². The highest BCUT2D eigenvalue weighted by Crippen LogP contribution is 2.30. The molecule has 1 fully saturated rings. The highest BCUT2D eigenvalue weighted by atomic mass is 32.1. The second kappa shape index (κ2) is 8.24. The van der Waals surface area contributed by atoms with Crippen LogP contribution in [0.25, 0.3) is 11.5 Å². The number of amides is 1. The maximum Gasteiger partial charge on any atom is 0.263 e. The van der Waals surface area contributed by atoms with Crippen LogP contribution in [0.5, 0.6) is 0 Å². The Hall–Kier alpha value is -2.88. The Labute approximate surface area is 172 Å². The number of nitrogens with one attached hydrogen (secondary N) is 1. The molecule has 4 rings (SSSR count). The number of hydrogen-bond donors (Lipinski definition) is 1. The zero-order chi connectivity index (χ0) is 20.4. The number of nitrogens with zero attached hydrogens (tertiary/aromatic N) is 6. The van der Waals surface area contributed by atoms with Crippen LogP contribution in [-0.2, 0) is 11.3 Å². The highest BCUT2D eigenvalue weighted by Gasteiger charge is 2.28. The van der Waals surface area contributed by atoms with Crippen molar-refractivity contribution < 1.29 is 9.32 Å². The van der Waals surface area contributed by atoms with E-state index < -0.39 is 0 Å². The van der Waals surface area contributed by atoms with Crippen molar-refractivity contribution in [2.45, 2.75) is 40.2 Å². The van der Waals surface area contributed by atoms with Gasteiger partial charge < -0.3 is 14.7 Å². The predicted octanol–water partition coefficient (Wildman–Crippen LogP) is 2.44. The molecule has 152 valence electrons. The Morgan fingerprint density at radius 3 is 2.66 bits per heavy atom. The zero-order valence-corrected chi connectivity index (χ0v) is 17.5. The minimum atomic E-state index is -0.00987. The third kappa shape index (κ3) is 4.42. The molecule has 9 nitrogen and oxygen atoms in total. The number of anilines is 1. The number of carbonyl (C=O) groups is 1. The number of rotatable bonds is 5. The van der Waals surface area contributed by atoms with E-state index in [1.165, 1.54) is 0 Å². The molecule has 1 aliphatic rings. The molecular weight excluding hydrogens is 390 g/mol. The first-order valence-electron chi connectivity index (χ1n) is 9.57. The summed E-state index contributed by atoms with van der Waals surface area (Å²) in [6.07, 6.45) is 3.24. The molecular formula is C19H23N7O2S. The Morgan fingerprint density at radius 1 is 1.21 bits per heavy atom. The van der Waals surface area contributed by atoms with Gasteiger partial charge in [-0.25, -0.2) is 15.0 Å². The van der Waals surface area contributed by atoms with Crippen molar-refractivity contribution >= 4 is 23.1 Å².